The summed E-state index contributed by atoms with van der Waals surface area (Å²) in [6, 6.07) is 7.18. The van der Waals surface area contributed by atoms with Gasteiger partial charge in [-0.3, -0.25) is 0 Å². The Morgan fingerprint density at radius 2 is 1.83 bits per heavy atom. The molecule has 0 radical (unpaired) electrons. The Bertz CT molecular complexity index is 1080. The number of fused-ring (bicyclic) bond motifs is 1. The van der Waals surface area contributed by atoms with E-state index in [0.717, 1.165) is 27.9 Å². The molecule has 0 bridgehead atoms. The van der Waals surface area contributed by atoms with Crippen LogP contribution in [0, 0.1) is 26.6 Å². The van der Waals surface area contributed by atoms with Crippen molar-refractivity contribution in [3.05, 3.63) is 64.6 Å². The van der Waals surface area contributed by atoms with Crippen molar-refractivity contribution in [1.29, 1.82) is 0 Å². The number of hydrogen-bond donors (Lipinski definition) is 0. The van der Waals surface area contributed by atoms with Crippen LogP contribution in [-0.2, 0) is 7.05 Å². The van der Waals surface area contributed by atoms with E-state index in [0.29, 0.717) is 10.8 Å². The number of aromatic nitrogens is 1. The van der Waals surface area contributed by atoms with Gasteiger partial charge in [-0.2, -0.15) is 0 Å². The Hall–Kier alpha value is -2.22. The first-order chi connectivity index (χ1) is 12.4. The summed E-state index contributed by atoms with van der Waals surface area (Å²) in [5.74, 6) is -1.58. The molecule has 0 aliphatic heterocycles. The van der Waals surface area contributed by atoms with Gasteiger partial charge in [0.1, 0.15) is 14.2 Å². The third-order valence-corrected chi connectivity index (χ3v) is 4.66. The van der Waals surface area contributed by atoms with Gasteiger partial charge in [-0.05, 0) is 66.9 Å². The van der Waals surface area contributed by atoms with Gasteiger partial charge in [0, 0.05) is 7.41 Å². The highest BCUT2D eigenvalue weighted by molar-refractivity contribution is 5.94. The average molecular weight is 325 g/mol. The zero-order valence-electron chi connectivity index (χ0n) is 18.1. The Morgan fingerprint density at radius 1 is 1.12 bits per heavy atom. The first-order valence-electron chi connectivity index (χ1n) is 9.64. The smallest absolute Gasteiger partial charge is 0.207 e. The van der Waals surface area contributed by atoms with E-state index in [1.165, 1.54) is 6.07 Å². The summed E-state index contributed by atoms with van der Waals surface area (Å²) in [5.41, 5.74) is 5.19. The zero-order chi connectivity index (χ0) is 20.3. The Balaban J connectivity index is 2.53. The van der Waals surface area contributed by atoms with Gasteiger partial charge in [0.15, 0.2) is 6.17 Å². The lowest BCUT2D eigenvalue weighted by Crippen LogP contribution is -2.31. The SMILES string of the molecule is [2H]c1c([2H])[n+](C)c(-c2cc(C)cc(C)c2C)c2cc(F)c(C([2H])(C)C)cc12. The number of benzene rings is 2. The second-order valence-electron chi connectivity index (χ2n) is 6.78. The largest absolute Gasteiger partial charge is 0.220 e. The zero-order valence-corrected chi connectivity index (χ0v) is 15.1. The molecule has 0 N–H and O–H groups in total. The third kappa shape index (κ3) is 2.71. The van der Waals surface area contributed by atoms with Crippen molar-refractivity contribution in [2.45, 2.75) is 40.5 Å². The lowest BCUT2D eigenvalue weighted by atomic mass is 9.92. The minimum Gasteiger partial charge on any atom is -0.207 e. The van der Waals surface area contributed by atoms with E-state index in [2.05, 4.69) is 6.07 Å². The molecule has 0 fully saturated rings. The van der Waals surface area contributed by atoms with Gasteiger partial charge in [-0.1, -0.05) is 25.5 Å². The molecule has 1 nitrogen and oxygen atoms in total. The molecule has 1 aromatic heterocycles. The number of halogens is 1. The van der Waals surface area contributed by atoms with E-state index in [4.69, 9.17) is 4.11 Å². The van der Waals surface area contributed by atoms with Crippen LogP contribution < -0.4 is 4.57 Å². The second-order valence-corrected chi connectivity index (χ2v) is 6.78. The van der Waals surface area contributed by atoms with Crippen LogP contribution in [0.5, 0.6) is 0 Å². The van der Waals surface area contributed by atoms with Gasteiger partial charge in [-0.15, -0.1) is 0 Å². The maximum Gasteiger partial charge on any atom is 0.220 e. The second kappa shape index (κ2) is 6.01. The molecule has 0 spiro atoms. The number of rotatable bonds is 2. The fourth-order valence-corrected chi connectivity index (χ4v) is 3.25. The number of aryl methyl sites for hydroxylation is 2. The summed E-state index contributed by atoms with van der Waals surface area (Å²) in [6.45, 7) is 9.32. The van der Waals surface area contributed by atoms with Crippen molar-refractivity contribution in [3.8, 4) is 11.3 Å². The van der Waals surface area contributed by atoms with Crippen LogP contribution in [0.4, 0.5) is 4.39 Å². The topological polar surface area (TPSA) is 3.88 Å². The molecule has 3 rings (SSSR count). The molecule has 0 amide bonds. The summed E-state index contributed by atoms with van der Waals surface area (Å²) in [6.07, 6.45) is 0.0661. The predicted molar refractivity (Wildman–Crippen MR) is 98.8 cm³/mol. The maximum absolute atomic E-state index is 14.9. The summed E-state index contributed by atoms with van der Waals surface area (Å²) in [5, 5.41) is 1.10. The monoisotopic (exact) mass is 325 g/mol. The first kappa shape index (κ1) is 13.1. The Kier molecular flexibility index (Phi) is 3.28. The molecule has 24 heavy (non-hydrogen) atoms. The minimum absolute atomic E-state index is 0.0452. The van der Waals surface area contributed by atoms with Crippen molar-refractivity contribution in [1.82, 2.24) is 0 Å². The van der Waals surface area contributed by atoms with Crippen molar-refractivity contribution in [2.24, 2.45) is 7.05 Å². The molecule has 1 heterocycles. The van der Waals surface area contributed by atoms with Crippen molar-refractivity contribution in [3.63, 3.8) is 0 Å². The van der Waals surface area contributed by atoms with Gasteiger partial charge in [-0.25, -0.2) is 8.96 Å². The van der Waals surface area contributed by atoms with E-state index >= 15 is 0 Å². The normalized spacial score (nSPS) is 13.7. The molecule has 0 atom stereocenters. The summed E-state index contributed by atoms with van der Waals surface area (Å²) in [4.78, 5) is 0. The van der Waals surface area contributed by atoms with E-state index in [-0.39, 0.29) is 17.8 Å². The predicted octanol–water partition coefficient (Wildman–Crippen LogP) is 5.52. The van der Waals surface area contributed by atoms with Gasteiger partial charge in [0.25, 0.3) is 0 Å². The van der Waals surface area contributed by atoms with Crippen molar-refractivity contribution in [2.75, 3.05) is 0 Å². The lowest BCUT2D eigenvalue weighted by molar-refractivity contribution is -0.659. The highest BCUT2D eigenvalue weighted by Crippen LogP contribution is 2.32. The highest BCUT2D eigenvalue weighted by atomic mass is 19.1. The molecule has 0 unspecified atom stereocenters. The van der Waals surface area contributed by atoms with Gasteiger partial charge < -0.3 is 0 Å². The molecule has 0 saturated heterocycles. The summed E-state index contributed by atoms with van der Waals surface area (Å²) >= 11 is 0. The standard InChI is InChI=1S/C22H25FN/c1-13(2)18-11-17-7-8-24(6)22(20(17)12-21(18)23)19-10-14(3)9-15(4)16(19)5/h7-13H,1-6H3/q+1/i7D,8D,13D. The molecule has 0 aliphatic rings. The molecule has 0 saturated carbocycles. The maximum atomic E-state index is 14.9. The van der Waals surface area contributed by atoms with Crippen molar-refractivity contribution >= 4 is 10.8 Å². The summed E-state index contributed by atoms with van der Waals surface area (Å²) < 4.78 is 41.6. The van der Waals surface area contributed by atoms with Gasteiger partial charge in [0.05, 0.1) is 12.3 Å². The number of nitrogens with zero attached hydrogens (tertiary/aromatic N) is 1. The van der Waals surface area contributed by atoms with E-state index in [1.807, 2.05) is 26.8 Å². The van der Waals surface area contributed by atoms with Gasteiger partial charge >= 0.3 is 0 Å². The molecular formula is C22H25FN+. The number of hydrogen-bond acceptors (Lipinski definition) is 0. The van der Waals surface area contributed by atoms with E-state index in [1.54, 1.807) is 31.5 Å². The Morgan fingerprint density at radius 3 is 2.50 bits per heavy atom. The third-order valence-electron chi connectivity index (χ3n) is 4.66. The van der Waals surface area contributed by atoms with E-state index in [9.17, 15) is 4.39 Å². The van der Waals surface area contributed by atoms with Crippen LogP contribution in [0.3, 0.4) is 0 Å². The lowest BCUT2D eigenvalue weighted by Gasteiger charge is -2.13. The van der Waals surface area contributed by atoms with Crippen LogP contribution in [-0.4, -0.2) is 0 Å². The van der Waals surface area contributed by atoms with Crippen LogP contribution in [0.2, 0.25) is 0 Å². The molecule has 2 aromatic carbocycles. The molecule has 124 valence electrons. The molecule has 0 aliphatic carbocycles. The van der Waals surface area contributed by atoms with Crippen LogP contribution in [0.25, 0.3) is 22.0 Å². The summed E-state index contributed by atoms with van der Waals surface area (Å²) in [7, 11) is 1.74. The fraction of sp³-hybridized carbons (Fsp3) is 0.318. The van der Waals surface area contributed by atoms with Gasteiger partial charge in [0.2, 0.25) is 5.69 Å². The van der Waals surface area contributed by atoms with E-state index < -0.39 is 11.7 Å². The molecule has 2 heteroatoms. The average Bonchev–Trinajstić information content (AvgIpc) is 2.55. The molecule has 3 aromatic rings. The minimum atomic E-state index is -1.12. The number of pyridine rings is 1. The first-order valence-corrected chi connectivity index (χ1v) is 8.14. The fourth-order valence-electron chi connectivity index (χ4n) is 3.25. The molecular weight excluding hydrogens is 297 g/mol. The quantitative estimate of drug-likeness (QED) is 0.546. The van der Waals surface area contributed by atoms with Crippen molar-refractivity contribution < 1.29 is 13.1 Å². The van der Waals surface area contributed by atoms with Crippen LogP contribution in [0.1, 0.15) is 46.1 Å². The highest BCUT2D eigenvalue weighted by Gasteiger charge is 2.20. The van der Waals surface area contributed by atoms with Crippen LogP contribution >= 0.6 is 0 Å². The Labute approximate surface area is 148 Å². The van der Waals surface area contributed by atoms with Crippen LogP contribution in [0.15, 0.2) is 36.5 Å².